The molecule has 0 aliphatic rings. The second-order valence-corrected chi connectivity index (χ2v) is 5.21. The van der Waals surface area contributed by atoms with Gasteiger partial charge in [0.25, 0.3) is 0 Å². The van der Waals surface area contributed by atoms with Crippen LogP contribution in [0, 0.1) is 0 Å². The molecule has 4 heteroatoms. The summed E-state index contributed by atoms with van der Waals surface area (Å²) in [6.45, 7) is 2.09. The van der Waals surface area contributed by atoms with E-state index in [1.54, 1.807) is 0 Å². The number of rotatable bonds is 4. The van der Waals surface area contributed by atoms with E-state index in [2.05, 4.69) is 32.8 Å². The molecular weight excluding hydrogens is 290 g/mol. The first-order valence-corrected chi connectivity index (χ1v) is 6.80. The van der Waals surface area contributed by atoms with Crippen molar-refractivity contribution in [3.8, 4) is 11.4 Å². The number of hydrogen-bond acceptors (Lipinski definition) is 3. The molecule has 0 saturated carbocycles. The van der Waals surface area contributed by atoms with Crippen LogP contribution in [0.1, 0.15) is 18.9 Å². The number of nitrogens with zero attached hydrogens (tertiary/aromatic N) is 2. The van der Waals surface area contributed by atoms with Crippen LogP contribution in [0.2, 0.25) is 0 Å². The van der Waals surface area contributed by atoms with E-state index in [-0.39, 0.29) is 6.04 Å². The van der Waals surface area contributed by atoms with Gasteiger partial charge in [0, 0.05) is 28.5 Å². The molecule has 94 valence electrons. The zero-order valence-corrected chi connectivity index (χ0v) is 11.9. The number of nitrogens with two attached hydrogens (primary N) is 1. The minimum absolute atomic E-state index is 0.187. The van der Waals surface area contributed by atoms with Gasteiger partial charge in [0.1, 0.15) is 0 Å². The van der Waals surface area contributed by atoms with Crippen LogP contribution in [-0.4, -0.2) is 16.0 Å². The minimum atomic E-state index is 0.187. The number of aromatic nitrogens is 2. The molecule has 2 aromatic rings. The Balaban J connectivity index is 2.14. The molecule has 1 aromatic carbocycles. The topological polar surface area (TPSA) is 51.8 Å². The van der Waals surface area contributed by atoms with Gasteiger partial charge in [0.05, 0.1) is 0 Å². The van der Waals surface area contributed by atoms with Gasteiger partial charge in [-0.3, -0.25) is 0 Å². The van der Waals surface area contributed by atoms with Crippen LogP contribution in [0.4, 0.5) is 0 Å². The van der Waals surface area contributed by atoms with E-state index < -0.39 is 0 Å². The average molecular weight is 306 g/mol. The molecule has 1 atom stereocenters. The largest absolute Gasteiger partial charge is 0.327 e. The fourth-order valence-corrected chi connectivity index (χ4v) is 1.92. The van der Waals surface area contributed by atoms with Crippen molar-refractivity contribution in [2.45, 2.75) is 25.8 Å². The molecule has 0 aliphatic carbocycles. The summed E-state index contributed by atoms with van der Waals surface area (Å²) >= 11 is 3.41. The smallest absolute Gasteiger partial charge is 0.159 e. The third-order valence-corrected chi connectivity index (χ3v) is 3.36. The lowest BCUT2D eigenvalue weighted by Crippen LogP contribution is -2.21. The SMILES string of the molecule is CCC(N)Cc1cnc(-c2ccc(Br)cc2)nc1. The van der Waals surface area contributed by atoms with E-state index in [1.807, 2.05) is 36.7 Å². The maximum absolute atomic E-state index is 5.91. The molecule has 0 bridgehead atoms. The van der Waals surface area contributed by atoms with Crippen LogP contribution in [0.5, 0.6) is 0 Å². The van der Waals surface area contributed by atoms with Crippen LogP contribution < -0.4 is 5.73 Å². The fraction of sp³-hybridized carbons (Fsp3) is 0.286. The molecule has 0 radical (unpaired) electrons. The first-order chi connectivity index (χ1) is 8.69. The van der Waals surface area contributed by atoms with Gasteiger partial charge in [0.15, 0.2) is 5.82 Å². The lowest BCUT2D eigenvalue weighted by Gasteiger charge is -2.08. The Hall–Kier alpha value is -1.26. The Morgan fingerprint density at radius 3 is 2.33 bits per heavy atom. The van der Waals surface area contributed by atoms with Crippen LogP contribution in [0.3, 0.4) is 0 Å². The molecule has 0 aliphatic heterocycles. The number of halogens is 1. The summed E-state index contributed by atoms with van der Waals surface area (Å²) in [7, 11) is 0. The Morgan fingerprint density at radius 2 is 1.78 bits per heavy atom. The summed E-state index contributed by atoms with van der Waals surface area (Å²) < 4.78 is 1.05. The predicted octanol–water partition coefficient (Wildman–Crippen LogP) is 3.19. The van der Waals surface area contributed by atoms with E-state index in [9.17, 15) is 0 Å². The molecule has 2 N–H and O–H groups in total. The highest BCUT2D eigenvalue weighted by molar-refractivity contribution is 9.10. The lowest BCUT2D eigenvalue weighted by molar-refractivity contribution is 0.643. The second kappa shape index (κ2) is 6.07. The Labute approximate surface area is 116 Å². The van der Waals surface area contributed by atoms with Crippen LogP contribution in [0.25, 0.3) is 11.4 Å². The van der Waals surface area contributed by atoms with Gasteiger partial charge in [-0.1, -0.05) is 35.0 Å². The first kappa shape index (κ1) is 13.2. The normalized spacial score (nSPS) is 12.4. The fourth-order valence-electron chi connectivity index (χ4n) is 1.66. The lowest BCUT2D eigenvalue weighted by atomic mass is 10.1. The van der Waals surface area contributed by atoms with Crippen molar-refractivity contribution in [3.05, 3.63) is 46.7 Å². The summed E-state index contributed by atoms with van der Waals surface area (Å²) in [5.41, 5.74) is 8.02. The summed E-state index contributed by atoms with van der Waals surface area (Å²) in [4.78, 5) is 8.77. The zero-order valence-electron chi connectivity index (χ0n) is 10.3. The van der Waals surface area contributed by atoms with Crippen molar-refractivity contribution in [2.75, 3.05) is 0 Å². The van der Waals surface area contributed by atoms with Gasteiger partial charge in [-0.25, -0.2) is 9.97 Å². The van der Waals surface area contributed by atoms with Gasteiger partial charge in [-0.05, 0) is 30.5 Å². The molecule has 3 nitrogen and oxygen atoms in total. The van der Waals surface area contributed by atoms with E-state index in [4.69, 9.17) is 5.73 Å². The number of hydrogen-bond donors (Lipinski definition) is 1. The summed E-state index contributed by atoms with van der Waals surface area (Å²) in [6.07, 6.45) is 5.52. The van der Waals surface area contributed by atoms with Crippen molar-refractivity contribution in [3.63, 3.8) is 0 Å². The van der Waals surface area contributed by atoms with Crippen molar-refractivity contribution < 1.29 is 0 Å². The molecule has 1 aromatic heterocycles. The average Bonchev–Trinajstić information content (AvgIpc) is 2.40. The first-order valence-electron chi connectivity index (χ1n) is 6.01. The van der Waals surface area contributed by atoms with Crippen LogP contribution >= 0.6 is 15.9 Å². The molecular formula is C14H16BrN3. The number of benzene rings is 1. The van der Waals surface area contributed by atoms with Crippen molar-refractivity contribution in [2.24, 2.45) is 5.73 Å². The molecule has 1 heterocycles. The van der Waals surface area contributed by atoms with Gasteiger partial charge in [-0.15, -0.1) is 0 Å². The minimum Gasteiger partial charge on any atom is -0.327 e. The third kappa shape index (κ3) is 3.37. The second-order valence-electron chi connectivity index (χ2n) is 4.29. The predicted molar refractivity (Wildman–Crippen MR) is 77.1 cm³/mol. The zero-order chi connectivity index (χ0) is 13.0. The Kier molecular flexibility index (Phi) is 4.44. The highest BCUT2D eigenvalue weighted by atomic mass is 79.9. The van der Waals surface area contributed by atoms with Gasteiger partial charge >= 0.3 is 0 Å². The summed E-state index contributed by atoms with van der Waals surface area (Å²) in [5, 5.41) is 0. The van der Waals surface area contributed by atoms with Crippen molar-refractivity contribution >= 4 is 15.9 Å². The van der Waals surface area contributed by atoms with E-state index >= 15 is 0 Å². The summed E-state index contributed by atoms with van der Waals surface area (Å²) in [5.74, 6) is 0.747. The molecule has 0 spiro atoms. The highest BCUT2D eigenvalue weighted by Crippen LogP contribution is 2.18. The highest BCUT2D eigenvalue weighted by Gasteiger charge is 2.04. The third-order valence-electron chi connectivity index (χ3n) is 2.83. The molecule has 1 unspecified atom stereocenters. The standard InChI is InChI=1S/C14H16BrN3/c1-2-13(16)7-10-8-17-14(18-9-10)11-3-5-12(15)6-4-11/h3-6,8-9,13H,2,7,16H2,1H3. The Morgan fingerprint density at radius 1 is 1.17 bits per heavy atom. The molecule has 2 rings (SSSR count). The maximum Gasteiger partial charge on any atom is 0.159 e. The molecule has 0 fully saturated rings. The molecule has 0 saturated heterocycles. The van der Waals surface area contributed by atoms with Gasteiger partial charge in [0.2, 0.25) is 0 Å². The quantitative estimate of drug-likeness (QED) is 0.944. The van der Waals surface area contributed by atoms with Crippen molar-refractivity contribution in [1.29, 1.82) is 0 Å². The van der Waals surface area contributed by atoms with Crippen LogP contribution in [0.15, 0.2) is 41.1 Å². The van der Waals surface area contributed by atoms with Gasteiger partial charge < -0.3 is 5.73 Å². The summed E-state index contributed by atoms with van der Waals surface area (Å²) in [6, 6.07) is 8.15. The van der Waals surface area contributed by atoms with Crippen molar-refractivity contribution in [1.82, 2.24) is 9.97 Å². The monoisotopic (exact) mass is 305 g/mol. The van der Waals surface area contributed by atoms with E-state index in [0.29, 0.717) is 0 Å². The maximum atomic E-state index is 5.91. The van der Waals surface area contributed by atoms with E-state index in [0.717, 1.165) is 34.3 Å². The Bertz CT molecular complexity index is 493. The molecule has 0 amide bonds. The van der Waals surface area contributed by atoms with Gasteiger partial charge in [-0.2, -0.15) is 0 Å². The van der Waals surface area contributed by atoms with Crippen LogP contribution in [-0.2, 0) is 6.42 Å². The molecule has 18 heavy (non-hydrogen) atoms. The van der Waals surface area contributed by atoms with E-state index in [1.165, 1.54) is 0 Å².